The van der Waals surface area contributed by atoms with Gasteiger partial charge >= 0.3 is 5.97 Å². The maximum atomic E-state index is 12.8. The molecular weight excluding hydrogens is 442 g/mol. The number of aromatic nitrogens is 2. The number of rotatable bonds is 7. The molecule has 0 atom stereocenters. The Bertz CT molecular complexity index is 1280. The van der Waals surface area contributed by atoms with Crippen molar-refractivity contribution in [3.05, 3.63) is 83.4 Å². The number of hydrogen-bond acceptors (Lipinski definition) is 7. The molecule has 2 aromatic heterocycles. The summed E-state index contributed by atoms with van der Waals surface area (Å²) in [4.78, 5) is 26.0. The molecule has 0 spiro atoms. The van der Waals surface area contributed by atoms with Crippen LogP contribution in [0.1, 0.15) is 16.1 Å². The number of hydrogen-bond donors (Lipinski definition) is 1. The first-order valence-electron chi connectivity index (χ1n) is 10.2. The number of benzene rings is 2. The molecule has 0 saturated heterocycles. The number of nitrogens with zero attached hydrogens (tertiary/aromatic N) is 2. The number of fused-ring (bicyclic) bond motifs is 1. The molecule has 166 valence electrons. The van der Waals surface area contributed by atoms with E-state index >= 15 is 0 Å². The molecule has 8 nitrogen and oxygen atoms in total. The minimum atomic E-state index is -0.632. The van der Waals surface area contributed by atoms with Gasteiger partial charge in [-0.05, 0) is 41.3 Å². The third kappa shape index (κ3) is 4.58. The van der Waals surface area contributed by atoms with E-state index in [2.05, 4.69) is 10.4 Å². The van der Waals surface area contributed by atoms with Crippen molar-refractivity contribution in [2.45, 2.75) is 6.54 Å². The largest absolute Gasteiger partial charge is 0.454 e. The van der Waals surface area contributed by atoms with Crippen LogP contribution in [-0.4, -0.2) is 35.1 Å². The molecule has 1 N–H and O–H groups in total. The maximum absolute atomic E-state index is 12.8. The van der Waals surface area contributed by atoms with Crippen molar-refractivity contribution in [3.8, 4) is 27.8 Å². The predicted molar refractivity (Wildman–Crippen MR) is 122 cm³/mol. The lowest BCUT2D eigenvalue weighted by Gasteiger charge is -2.09. The molecule has 0 aliphatic carbocycles. The smallest absolute Gasteiger partial charge is 0.357 e. The number of carbonyl (C=O) groups excluding carboxylic acids is 2. The minimum absolute atomic E-state index is 0.189. The molecule has 0 radical (unpaired) electrons. The highest BCUT2D eigenvalue weighted by atomic mass is 32.1. The van der Waals surface area contributed by atoms with Crippen molar-refractivity contribution in [2.24, 2.45) is 0 Å². The van der Waals surface area contributed by atoms with Gasteiger partial charge in [-0.2, -0.15) is 5.10 Å². The van der Waals surface area contributed by atoms with Gasteiger partial charge in [0.05, 0.1) is 10.6 Å². The molecule has 9 heteroatoms. The van der Waals surface area contributed by atoms with Crippen LogP contribution in [0, 0.1) is 0 Å². The summed E-state index contributed by atoms with van der Waals surface area (Å²) >= 11 is 1.53. The van der Waals surface area contributed by atoms with E-state index in [0.717, 1.165) is 16.1 Å². The van der Waals surface area contributed by atoms with Crippen LogP contribution in [-0.2, 0) is 16.1 Å². The van der Waals surface area contributed by atoms with Crippen LogP contribution in [0.4, 0.5) is 0 Å². The number of nitrogens with one attached hydrogen (secondary N) is 1. The Morgan fingerprint density at radius 2 is 1.88 bits per heavy atom. The minimum Gasteiger partial charge on any atom is -0.454 e. The van der Waals surface area contributed by atoms with Crippen molar-refractivity contribution >= 4 is 23.2 Å². The molecular formula is C24H19N3O5S. The summed E-state index contributed by atoms with van der Waals surface area (Å²) in [5, 5.41) is 9.26. The molecule has 33 heavy (non-hydrogen) atoms. The lowest BCUT2D eigenvalue weighted by Crippen LogP contribution is -2.28. The summed E-state index contributed by atoms with van der Waals surface area (Å²) in [6.45, 7) is 0.0596. The van der Waals surface area contributed by atoms with E-state index in [4.69, 9.17) is 14.2 Å². The fraction of sp³-hybridized carbons (Fsp3) is 0.125. The first-order chi connectivity index (χ1) is 16.2. The van der Waals surface area contributed by atoms with Gasteiger partial charge in [-0.3, -0.25) is 4.79 Å². The summed E-state index contributed by atoms with van der Waals surface area (Å²) < 4.78 is 17.4. The van der Waals surface area contributed by atoms with Gasteiger partial charge in [-0.25, -0.2) is 9.48 Å². The highest BCUT2D eigenvalue weighted by molar-refractivity contribution is 7.13. The lowest BCUT2D eigenvalue weighted by molar-refractivity contribution is -0.124. The quantitative estimate of drug-likeness (QED) is 0.421. The summed E-state index contributed by atoms with van der Waals surface area (Å²) in [7, 11) is 0. The number of amides is 1. The van der Waals surface area contributed by atoms with Crippen LogP contribution in [0.5, 0.6) is 11.5 Å². The Hall–Kier alpha value is -4.11. The standard InChI is InChI=1S/C24H19N3O5S/c28-23(25-13-16-8-9-20-21(11-16)32-15-31-20)14-30-24(29)19-12-18(22-7-4-10-33-22)26-27(19)17-5-2-1-3-6-17/h1-12H,13-15H2,(H,25,28). The van der Waals surface area contributed by atoms with E-state index in [1.807, 2.05) is 53.9 Å². The average molecular weight is 461 g/mol. The predicted octanol–water partition coefficient (Wildman–Crippen LogP) is 3.80. The van der Waals surface area contributed by atoms with Gasteiger partial charge in [-0.15, -0.1) is 11.3 Å². The van der Waals surface area contributed by atoms with Crippen molar-refractivity contribution in [1.29, 1.82) is 0 Å². The fourth-order valence-corrected chi connectivity index (χ4v) is 4.03. The fourth-order valence-electron chi connectivity index (χ4n) is 3.34. The molecule has 0 fully saturated rings. The monoisotopic (exact) mass is 461 g/mol. The second kappa shape index (κ2) is 9.17. The summed E-state index contributed by atoms with van der Waals surface area (Å²) in [5.74, 6) is 0.275. The maximum Gasteiger partial charge on any atom is 0.357 e. The molecule has 0 unspecified atom stereocenters. The van der Waals surface area contributed by atoms with Gasteiger partial charge in [0.15, 0.2) is 23.8 Å². The second-order valence-corrected chi connectivity index (χ2v) is 8.13. The van der Waals surface area contributed by atoms with Crippen LogP contribution in [0.25, 0.3) is 16.3 Å². The highest BCUT2D eigenvalue weighted by Gasteiger charge is 2.20. The number of esters is 1. The molecule has 1 amide bonds. The van der Waals surface area contributed by atoms with E-state index in [-0.39, 0.29) is 19.0 Å². The SMILES string of the molecule is O=C(COC(=O)c1cc(-c2cccs2)nn1-c1ccccc1)NCc1ccc2c(c1)OCO2. The number of thiophene rings is 1. The molecule has 4 aromatic rings. The molecule has 2 aromatic carbocycles. The van der Waals surface area contributed by atoms with Gasteiger partial charge < -0.3 is 19.5 Å². The van der Waals surface area contributed by atoms with Crippen LogP contribution in [0.3, 0.4) is 0 Å². The second-order valence-electron chi connectivity index (χ2n) is 7.18. The van der Waals surface area contributed by atoms with Gasteiger partial charge in [0.2, 0.25) is 6.79 Å². The van der Waals surface area contributed by atoms with E-state index in [9.17, 15) is 9.59 Å². The molecule has 1 aliphatic heterocycles. The zero-order valence-electron chi connectivity index (χ0n) is 17.4. The van der Waals surface area contributed by atoms with Crippen molar-refractivity contribution in [1.82, 2.24) is 15.1 Å². The molecule has 5 rings (SSSR count). The van der Waals surface area contributed by atoms with Gasteiger partial charge in [-0.1, -0.05) is 30.3 Å². The van der Waals surface area contributed by atoms with Crippen LogP contribution >= 0.6 is 11.3 Å². The summed E-state index contributed by atoms with van der Waals surface area (Å²) in [6, 6.07) is 20.3. The molecule has 0 saturated carbocycles. The first-order valence-corrected chi connectivity index (χ1v) is 11.1. The van der Waals surface area contributed by atoms with Crippen molar-refractivity contribution in [2.75, 3.05) is 13.4 Å². The normalized spacial score (nSPS) is 11.9. The third-order valence-electron chi connectivity index (χ3n) is 4.95. The topological polar surface area (TPSA) is 91.7 Å². The number of para-hydroxylation sites is 1. The Balaban J connectivity index is 1.25. The van der Waals surface area contributed by atoms with E-state index < -0.39 is 18.5 Å². The number of ether oxygens (including phenoxy) is 3. The lowest BCUT2D eigenvalue weighted by atomic mass is 10.2. The Kier molecular flexibility index (Phi) is 5.77. The summed E-state index contributed by atoms with van der Waals surface area (Å²) in [6.07, 6.45) is 0. The Morgan fingerprint density at radius 3 is 2.70 bits per heavy atom. The van der Waals surface area contributed by atoms with Gasteiger partial charge in [0, 0.05) is 12.6 Å². The first kappa shape index (κ1) is 20.8. The van der Waals surface area contributed by atoms with Gasteiger partial charge in [0.25, 0.3) is 5.91 Å². The van der Waals surface area contributed by atoms with Gasteiger partial charge in [0.1, 0.15) is 5.69 Å². The number of carbonyl (C=O) groups is 2. The van der Waals surface area contributed by atoms with Crippen molar-refractivity contribution < 1.29 is 23.8 Å². The Labute approximate surface area is 193 Å². The van der Waals surface area contributed by atoms with E-state index in [1.54, 1.807) is 18.2 Å². The average Bonchev–Trinajstić information content (AvgIpc) is 3.61. The third-order valence-corrected chi connectivity index (χ3v) is 5.85. The van der Waals surface area contributed by atoms with Crippen LogP contribution < -0.4 is 14.8 Å². The molecule has 1 aliphatic rings. The Morgan fingerprint density at radius 1 is 1.03 bits per heavy atom. The summed E-state index contributed by atoms with van der Waals surface area (Å²) in [5.41, 5.74) is 2.47. The highest BCUT2D eigenvalue weighted by Crippen LogP contribution is 2.32. The van der Waals surface area contributed by atoms with Crippen LogP contribution in [0.2, 0.25) is 0 Å². The van der Waals surface area contributed by atoms with E-state index in [1.165, 1.54) is 16.0 Å². The zero-order valence-corrected chi connectivity index (χ0v) is 18.2. The zero-order chi connectivity index (χ0) is 22.6. The van der Waals surface area contributed by atoms with Crippen molar-refractivity contribution in [3.63, 3.8) is 0 Å². The van der Waals surface area contributed by atoms with Crippen LogP contribution in [0.15, 0.2) is 72.1 Å². The molecule has 0 bridgehead atoms. The van der Waals surface area contributed by atoms with E-state index in [0.29, 0.717) is 17.2 Å². The molecule has 3 heterocycles.